The third kappa shape index (κ3) is 3.23. The third-order valence-electron chi connectivity index (χ3n) is 3.60. The van der Waals surface area contributed by atoms with Gasteiger partial charge in [0.25, 0.3) is 5.56 Å². The van der Waals surface area contributed by atoms with Crippen LogP contribution in [0.25, 0.3) is 5.69 Å². The maximum absolute atomic E-state index is 12.6. The molecule has 1 amide bonds. The molecule has 0 aliphatic heterocycles. The van der Waals surface area contributed by atoms with E-state index >= 15 is 0 Å². The highest BCUT2D eigenvalue weighted by atomic mass is 35.5. The summed E-state index contributed by atoms with van der Waals surface area (Å²) in [6.07, 6.45) is 0. The van der Waals surface area contributed by atoms with Gasteiger partial charge in [-0.1, -0.05) is 25.1 Å². The Balaban J connectivity index is 0.00000242. The smallest absolute Gasteiger partial charge is 0.295 e. The number of hydrogen-bond acceptors (Lipinski definition) is 3. The molecule has 2 aromatic rings. The maximum Gasteiger partial charge on any atom is 0.295 e. The summed E-state index contributed by atoms with van der Waals surface area (Å²) in [5.74, 6) is -0.585. The van der Waals surface area contributed by atoms with Crippen LogP contribution in [0.5, 0.6) is 0 Å². The van der Waals surface area contributed by atoms with Crippen molar-refractivity contribution < 1.29 is 4.79 Å². The van der Waals surface area contributed by atoms with Gasteiger partial charge >= 0.3 is 0 Å². The summed E-state index contributed by atoms with van der Waals surface area (Å²) in [5, 5.41) is 2.69. The highest BCUT2D eigenvalue weighted by Gasteiger charge is 2.20. The van der Waals surface area contributed by atoms with Crippen LogP contribution < -0.4 is 16.6 Å². The fourth-order valence-corrected chi connectivity index (χ4v) is 2.07. The van der Waals surface area contributed by atoms with Crippen LogP contribution in [0.4, 0.5) is 5.69 Å². The number of nitrogens with zero attached hydrogens (tertiary/aromatic N) is 2. The SMILES string of the molecule is Cc1c(NC(=O)C(C)CN)c(=O)n(-c2ccccc2)n1C.Cl. The molecule has 0 aliphatic rings. The summed E-state index contributed by atoms with van der Waals surface area (Å²) in [6, 6.07) is 9.29. The standard InChI is InChI=1S/C15H20N4O2.ClH/c1-10(9-16)14(20)17-13-11(2)18(3)19(15(13)21)12-7-5-4-6-8-12;/h4-8,10H,9,16H2,1-3H3,(H,17,20);1H. The number of carbonyl (C=O) groups is 1. The van der Waals surface area contributed by atoms with Gasteiger partial charge in [0.1, 0.15) is 5.69 Å². The van der Waals surface area contributed by atoms with Gasteiger partial charge < -0.3 is 11.1 Å². The average molecular weight is 325 g/mol. The number of hydrogen-bond donors (Lipinski definition) is 2. The van der Waals surface area contributed by atoms with E-state index in [1.54, 1.807) is 25.6 Å². The second-order valence-electron chi connectivity index (χ2n) is 5.06. The van der Waals surface area contributed by atoms with Crippen LogP contribution in [0.2, 0.25) is 0 Å². The maximum atomic E-state index is 12.6. The quantitative estimate of drug-likeness (QED) is 0.892. The number of rotatable bonds is 4. The van der Waals surface area contributed by atoms with Crippen molar-refractivity contribution in [3.8, 4) is 5.69 Å². The van der Waals surface area contributed by atoms with Crippen LogP contribution in [-0.2, 0) is 11.8 Å². The minimum Gasteiger partial charge on any atom is -0.330 e. The normalized spacial score (nSPS) is 11.6. The third-order valence-corrected chi connectivity index (χ3v) is 3.60. The van der Waals surface area contributed by atoms with Gasteiger partial charge in [-0.25, -0.2) is 4.68 Å². The van der Waals surface area contributed by atoms with E-state index < -0.39 is 0 Å². The first-order valence-electron chi connectivity index (χ1n) is 6.82. The molecule has 1 heterocycles. The molecule has 3 N–H and O–H groups in total. The lowest BCUT2D eigenvalue weighted by Gasteiger charge is -2.08. The number of carbonyl (C=O) groups excluding carboxylic acids is 1. The van der Waals surface area contributed by atoms with Gasteiger partial charge in [0, 0.05) is 19.5 Å². The average Bonchev–Trinajstić information content (AvgIpc) is 2.71. The topological polar surface area (TPSA) is 82.1 Å². The lowest BCUT2D eigenvalue weighted by molar-refractivity contribution is -0.119. The van der Waals surface area contributed by atoms with Crippen molar-refractivity contribution in [1.82, 2.24) is 9.36 Å². The van der Waals surface area contributed by atoms with E-state index in [0.717, 1.165) is 5.69 Å². The van der Waals surface area contributed by atoms with E-state index in [0.29, 0.717) is 11.4 Å². The van der Waals surface area contributed by atoms with Crippen LogP contribution in [0.15, 0.2) is 35.1 Å². The minimum absolute atomic E-state index is 0. The van der Waals surface area contributed by atoms with Crippen molar-refractivity contribution in [2.75, 3.05) is 11.9 Å². The molecule has 0 fully saturated rings. The number of para-hydroxylation sites is 1. The largest absolute Gasteiger partial charge is 0.330 e. The molecule has 2 rings (SSSR count). The molecular weight excluding hydrogens is 304 g/mol. The molecule has 6 nitrogen and oxygen atoms in total. The lowest BCUT2D eigenvalue weighted by atomic mass is 10.1. The van der Waals surface area contributed by atoms with E-state index in [-0.39, 0.29) is 36.3 Å². The molecule has 0 spiro atoms. The van der Waals surface area contributed by atoms with Gasteiger partial charge in [-0.05, 0) is 19.1 Å². The Hall–Kier alpha value is -2.05. The van der Waals surface area contributed by atoms with Crippen molar-refractivity contribution in [2.45, 2.75) is 13.8 Å². The fraction of sp³-hybridized carbons (Fsp3) is 0.333. The van der Waals surface area contributed by atoms with E-state index in [9.17, 15) is 9.59 Å². The van der Waals surface area contributed by atoms with Crippen molar-refractivity contribution >= 4 is 24.0 Å². The molecule has 1 aromatic carbocycles. The lowest BCUT2D eigenvalue weighted by Crippen LogP contribution is -2.29. The summed E-state index contributed by atoms with van der Waals surface area (Å²) in [5.41, 5.74) is 6.97. The highest BCUT2D eigenvalue weighted by Crippen LogP contribution is 2.14. The number of halogens is 1. The van der Waals surface area contributed by atoms with Gasteiger partial charge in [-0.2, -0.15) is 0 Å². The van der Waals surface area contributed by atoms with Gasteiger partial charge in [-0.3, -0.25) is 14.3 Å². The molecule has 1 unspecified atom stereocenters. The molecule has 0 saturated carbocycles. The monoisotopic (exact) mass is 324 g/mol. The van der Waals surface area contributed by atoms with Gasteiger partial charge in [0.2, 0.25) is 5.91 Å². The number of anilines is 1. The first kappa shape index (κ1) is 18.0. The summed E-state index contributed by atoms with van der Waals surface area (Å²) in [7, 11) is 1.78. The zero-order chi connectivity index (χ0) is 15.6. The van der Waals surface area contributed by atoms with E-state index in [1.165, 1.54) is 4.68 Å². The number of amides is 1. The molecule has 0 aliphatic carbocycles. The van der Waals surface area contributed by atoms with Gasteiger partial charge in [-0.15, -0.1) is 12.4 Å². The fourth-order valence-electron chi connectivity index (χ4n) is 2.07. The molecule has 0 bridgehead atoms. The van der Waals surface area contributed by atoms with Crippen molar-refractivity contribution in [1.29, 1.82) is 0 Å². The zero-order valence-corrected chi connectivity index (χ0v) is 13.7. The predicted octanol–water partition coefficient (Wildman–Crippen LogP) is 1.44. The molecule has 22 heavy (non-hydrogen) atoms. The summed E-state index contributed by atoms with van der Waals surface area (Å²) < 4.78 is 3.25. The Morgan fingerprint density at radius 2 is 1.91 bits per heavy atom. The molecular formula is C15H21ClN4O2. The number of nitrogens with two attached hydrogens (primary N) is 1. The van der Waals surface area contributed by atoms with Crippen LogP contribution in [0.1, 0.15) is 12.6 Å². The molecule has 1 atom stereocenters. The Morgan fingerprint density at radius 3 is 2.45 bits per heavy atom. The van der Waals surface area contributed by atoms with E-state index in [1.807, 2.05) is 30.3 Å². The van der Waals surface area contributed by atoms with Crippen molar-refractivity contribution in [3.63, 3.8) is 0 Å². The number of nitrogens with one attached hydrogen (secondary N) is 1. The van der Waals surface area contributed by atoms with Crippen LogP contribution in [-0.4, -0.2) is 21.8 Å². The molecule has 7 heteroatoms. The van der Waals surface area contributed by atoms with Crippen LogP contribution >= 0.6 is 12.4 Å². The van der Waals surface area contributed by atoms with Crippen molar-refractivity contribution in [2.24, 2.45) is 18.7 Å². The van der Waals surface area contributed by atoms with Crippen LogP contribution in [0, 0.1) is 12.8 Å². The Bertz CT molecular complexity index is 706. The van der Waals surface area contributed by atoms with Gasteiger partial charge in [0.05, 0.1) is 11.4 Å². The zero-order valence-electron chi connectivity index (χ0n) is 12.9. The van der Waals surface area contributed by atoms with Crippen LogP contribution in [0.3, 0.4) is 0 Å². The number of aromatic nitrogens is 2. The molecule has 0 radical (unpaired) electrons. The van der Waals surface area contributed by atoms with Gasteiger partial charge in [0.15, 0.2) is 0 Å². The summed E-state index contributed by atoms with van der Waals surface area (Å²) in [4.78, 5) is 24.5. The first-order chi connectivity index (χ1) is 9.97. The second-order valence-corrected chi connectivity index (χ2v) is 5.06. The van der Waals surface area contributed by atoms with E-state index in [2.05, 4.69) is 5.32 Å². The predicted molar refractivity (Wildman–Crippen MR) is 89.8 cm³/mol. The number of benzene rings is 1. The van der Waals surface area contributed by atoms with E-state index in [4.69, 9.17) is 5.73 Å². The Morgan fingerprint density at radius 1 is 1.32 bits per heavy atom. The van der Waals surface area contributed by atoms with Crippen molar-refractivity contribution in [3.05, 3.63) is 46.4 Å². The Kier molecular flexibility index (Phi) is 5.96. The summed E-state index contributed by atoms with van der Waals surface area (Å²) >= 11 is 0. The summed E-state index contributed by atoms with van der Waals surface area (Å²) in [6.45, 7) is 3.76. The highest BCUT2D eigenvalue weighted by molar-refractivity contribution is 5.92. The first-order valence-corrected chi connectivity index (χ1v) is 6.82. The Labute approximate surface area is 135 Å². The minimum atomic E-state index is -0.339. The molecule has 0 saturated heterocycles. The molecule has 1 aromatic heterocycles. The second kappa shape index (κ2) is 7.29. The molecule has 120 valence electrons.